The number of hydrogen-bond donors (Lipinski definition) is 2. The van der Waals surface area contributed by atoms with E-state index in [-0.39, 0.29) is 6.61 Å². The van der Waals surface area contributed by atoms with Crippen LogP contribution in [0.4, 0.5) is 11.4 Å². The number of aliphatic hydroxyl groups excluding tert-OH is 1. The number of likely N-dealkylation sites (N-methyl/N-ethyl adjacent to an activating group) is 1. The zero-order chi connectivity index (χ0) is 16.7. The number of carbonyl (C=O) groups excluding carboxylic acids is 1. The molecule has 0 radical (unpaired) electrons. The normalized spacial score (nSPS) is 11.6. The fourth-order valence-corrected chi connectivity index (χ4v) is 2.21. The first-order valence-electron chi connectivity index (χ1n) is 7.47. The van der Waals surface area contributed by atoms with Gasteiger partial charge >= 0.3 is 0 Å². The fourth-order valence-electron chi connectivity index (χ4n) is 2.21. The van der Waals surface area contributed by atoms with Crippen molar-refractivity contribution in [2.75, 3.05) is 30.4 Å². The van der Waals surface area contributed by atoms with Gasteiger partial charge in [0, 0.05) is 31.0 Å². The van der Waals surface area contributed by atoms with Gasteiger partial charge < -0.3 is 20.1 Å². The van der Waals surface area contributed by atoms with Crippen molar-refractivity contribution < 1.29 is 14.6 Å². The van der Waals surface area contributed by atoms with Gasteiger partial charge in [-0.1, -0.05) is 23.8 Å². The minimum Gasteiger partial charge on any atom is -0.491 e. The van der Waals surface area contributed by atoms with Crippen molar-refractivity contribution in [3.8, 4) is 5.75 Å². The number of anilines is 2. The second-order valence-electron chi connectivity index (χ2n) is 5.47. The maximum Gasteiger partial charge on any atom is 0.211 e. The van der Waals surface area contributed by atoms with Crippen LogP contribution in [0.1, 0.15) is 5.56 Å². The number of carbonyl (C=O) groups is 1. The average molecular weight is 314 g/mol. The van der Waals surface area contributed by atoms with Gasteiger partial charge in [0.25, 0.3) is 0 Å². The predicted octanol–water partition coefficient (Wildman–Crippen LogP) is 2.44. The van der Waals surface area contributed by atoms with E-state index >= 15 is 0 Å². The molecule has 0 heterocycles. The second kappa shape index (κ2) is 8.19. The minimum atomic E-state index is -0.621. The summed E-state index contributed by atoms with van der Waals surface area (Å²) in [5.74, 6) is 0.605. The van der Waals surface area contributed by atoms with Crippen LogP contribution in [0.5, 0.6) is 5.75 Å². The predicted molar refractivity (Wildman–Crippen MR) is 92.1 cm³/mol. The zero-order valence-corrected chi connectivity index (χ0v) is 13.4. The first-order valence-corrected chi connectivity index (χ1v) is 7.47. The van der Waals surface area contributed by atoms with Crippen molar-refractivity contribution in [2.24, 2.45) is 0 Å². The number of nitrogens with zero attached hydrogens (tertiary/aromatic N) is 1. The van der Waals surface area contributed by atoms with E-state index in [1.807, 2.05) is 43.1 Å². The summed E-state index contributed by atoms with van der Waals surface area (Å²) in [6.07, 6.45) is -0.00574. The Kier molecular flexibility index (Phi) is 6.00. The fraction of sp³-hybridized carbons (Fsp3) is 0.278. The van der Waals surface area contributed by atoms with E-state index < -0.39 is 6.10 Å². The van der Waals surface area contributed by atoms with E-state index in [0.717, 1.165) is 5.69 Å². The van der Waals surface area contributed by atoms with Crippen molar-refractivity contribution >= 4 is 17.8 Å². The molecule has 23 heavy (non-hydrogen) atoms. The van der Waals surface area contributed by atoms with Crippen molar-refractivity contribution in [1.82, 2.24) is 0 Å². The Morgan fingerprint density at radius 2 is 2.00 bits per heavy atom. The highest BCUT2D eigenvalue weighted by Crippen LogP contribution is 2.17. The molecule has 0 aromatic heterocycles. The molecule has 1 atom stereocenters. The maximum atomic E-state index is 10.4. The van der Waals surface area contributed by atoms with Crippen LogP contribution < -0.4 is 15.0 Å². The molecule has 0 aliphatic heterocycles. The molecule has 1 amide bonds. The third-order valence-corrected chi connectivity index (χ3v) is 3.46. The number of aryl methyl sites for hydroxylation is 1. The van der Waals surface area contributed by atoms with Crippen LogP contribution in [0.15, 0.2) is 48.5 Å². The average Bonchev–Trinajstić information content (AvgIpc) is 2.54. The SMILES string of the molecule is Cc1ccc(N(C)CC(O)COc2cccc(NC=O)c2)cc1. The molecule has 2 aromatic rings. The Balaban J connectivity index is 1.84. The molecule has 2 rings (SSSR count). The van der Waals surface area contributed by atoms with Crippen LogP contribution in [0.2, 0.25) is 0 Å². The summed E-state index contributed by atoms with van der Waals surface area (Å²) in [6, 6.07) is 15.2. The topological polar surface area (TPSA) is 61.8 Å². The molecule has 5 heteroatoms. The van der Waals surface area contributed by atoms with E-state index in [2.05, 4.69) is 5.32 Å². The molecule has 0 fully saturated rings. The molecule has 122 valence electrons. The monoisotopic (exact) mass is 314 g/mol. The van der Waals surface area contributed by atoms with Crippen LogP contribution in [0, 0.1) is 6.92 Å². The lowest BCUT2D eigenvalue weighted by atomic mass is 10.2. The molecule has 0 aliphatic carbocycles. The number of aliphatic hydroxyl groups is 1. The van der Waals surface area contributed by atoms with Gasteiger partial charge in [-0.3, -0.25) is 4.79 Å². The molecule has 2 aromatic carbocycles. The lowest BCUT2D eigenvalue weighted by molar-refractivity contribution is -0.105. The maximum absolute atomic E-state index is 10.4. The van der Waals surface area contributed by atoms with Gasteiger partial charge in [-0.2, -0.15) is 0 Å². The number of nitrogens with one attached hydrogen (secondary N) is 1. The Hall–Kier alpha value is -2.53. The van der Waals surface area contributed by atoms with Gasteiger partial charge in [0.1, 0.15) is 18.5 Å². The van der Waals surface area contributed by atoms with E-state index in [4.69, 9.17) is 4.74 Å². The van der Waals surface area contributed by atoms with Gasteiger partial charge in [0.2, 0.25) is 6.41 Å². The van der Waals surface area contributed by atoms with E-state index in [1.54, 1.807) is 24.3 Å². The number of ether oxygens (including phenoxy) is 1. The summed E-state index contributed by atoms with van der Waals surface area (Å²) < 4.78 is 5.58. The molecule has 0 saturated heterocycles. The van der Waals surface area contributed by atoms with Crippen molar-refractivity contribution in [3.63, 3.8) is 0 Å². The lowest BCUT2D eigenvalue weighted by Gasteiger charge is -2.23. The van der Waals surface area contributed by atoms with Crippen molar-refractivity contribution in [1.29, 1.82) is 0 Å². The molecule has 5 nitrogen and oxygen atoms in total. The quantitative estimate of drug-likeness (QED) is 0.735. The largest absolute Gasteiger partial charge is 0.491 e. The smallest absolute Gasteiger partial charge is 0.211 e. The molecule has 2 N–H and O–H groups in total. The van der Waals surface area contributed by atoms with Crippen LogP contribution in [-0.2, 0) is 4.79 Å². The highest BCUT2D eigenvalue weighted by atomic mass is 16.5. The standard InChI is InChI=1S/C18H22N2O3/c1-14-6-8-16(9-7-14)20(2)11-17(22)12-23-18-5-3-4-15(10-18)19-13-21/h3-10,13,17,22H,11-12H2,1-2H3,(H,19,21). The Bertz CT molecular complexity index is 628. The molecule has 1 unspecified atom stereocenters. The summed E-state index contributed by atoms with van der Waals surface area (Å²) in [5, 5.41) is 12.7. The number of amides is 1. The van der Waals surface area contributed by atoms with E-state index in [9.17, 15) is 9.90 Å². The van der Waals surface area contributed by atoms with Crippen molar-refractivity contribution in [2.45, 2.75) is 13.0 Å². The molecular formula is C18H22N2O3. The molecule has 0 spiro atoms. The first-order chi connectivity index (χ1) is 11.1. The van der Waals surface area contributed by atoms with Gasteiger partial charge in [0.05, 0.1) is 0 Å². The lowest BCUT2D eigenvalue weighted by Crippen LogP contribution is -2.33. The third kappa shape index (κ3) is 5.30. The summed E-state index contributed by atoms with van der Waals surface area (Å²) in [4.78, 5) is 12.4. The van der Waals surface area contributed by atoms with E-state index in [1.165, 1.54) is 5.56 Å². The number of rotatable bonds is 8. The van der Waals surface area contributed by atoms with Crippen LogP contribution >= 0.6 is 0 Å². The van der Waals surface area contributed by atoms with Gasteiger partial charge in [-0.25, -0.2) is 0 Å². The number of benzene rings is 2. The van der Waals surface area contributed by atoms with Crippen LogP contribution in [-0.4, -0.2) is 37.8 Å². The second-order valence-corrected chi connectivity index (χ2v) is 5.47. The molecular weight excluding hydrogens is 292 g/mol. The van der Waals surface area contributed by atoms with Gasteiger partial charge in [-0.15, -0.1) is 0 Å². The molecule has 0 bridgehead atoms. The highest BCUT2D eigenvalue weighted by Gasteiger charge is 2.10. The van der Waals surface area contributed by atoms with Crippen LogP contribution in [0.25, 0.3) is 0 Å². The minimum absolute atomic E-state index is 0.181. The van der Waals surface area contributed by atoms with Crippen LogP contribution in [0.3, 0.4) is 0 Å². The zero-order valence-electron chi connectivity index (χ0n) is 13.4. The summed E-state index contributed by atoms with van der Waals surface area (Å²) >= 11 is 0. The highest BCUT2D eigenvalue weighted by molar-refractivity contribution is 5.71. The molecule has 0 saturated carbocycles. The Morgan fingerprint density at radius 1 is 1.26 bits per heavy atom. The number of hydrogen-bond acceptors (Lipinski definition) is 4. The molecule has 0 aliphatic rings. The van der Waals surface area contributed by atoms with Crippen molar-refractivity contribution in [3.05, 3.63) is 54.1 Å². The Labute approximate surface area is 136 Å². The summed E-state index contributed by atoms with van der Waals surface area (Å²) in [7, 11) is 1.93. The Morgan fingerprint density at radius 3 is 2.70 bits per heavy atom. The summed E-state index contributed by atoms with van der Waals surface area (Å²) in [5.41, 5.74) is 2.91. The van der Waals surface area contributed by atoms with Gasteiger partial charge in [0.15, 0.2) is 0 Å². The van der Waals surface area contributed by atoms with E-state index in [0.29, 0.717) is 24.4 Å². The first kappa shape index (κ1) is 16.8. The third-order valence-electron chi connectivity index (χ3n) is 3.46. The summed E-state index contributed by atoms with van der Waals surface area (Å²) in [6.45, 7) is 2.69. The van der Waals surface area contributed by atoms with Gasteiger partial charge in [-0.05, 0) is 31.2 Å².